The molecule has 1 amide bonds. The smallest absolute Gasteiger partial charge is 0.318 e. The maximum atomic E-state index is 13.9. The van der Waals surface area contributed by atoms with E-state index in [1.807, 2.05) is 0 Å². The van der Waals surface area contributed by atoms with Gasteiger partial charge in [0.15, 0.2) is 5.83 Å². The number of carbonyl (C=O) groups excluding carboxylic acids is 1. The largest absolute Gasteiger partial charge is 0.459 e. The lowest BCUT2D eigenvalue weighted by Crippen LogP contribution is -2.57. The molecule has 0 N–H and O–H groups in total. The van der Waals surface area contributed by atoms with Gasteiger partial charge in [-0.1, -0.05) is 43.3 Å². The van der Waals surface area contributed by atoms with E-state index < -0.39 is 17.8 Å². The molecule has 1 saturated heterocycles. The van der Waals surface area contributed by atoms with Gasteiger partial charge in [-0.2, -0.15) is 9.97 Å². The number of fused-ring (bicyclic) bond motifs is 2. The van der Waals surface area contributed by atoms with Crippen LogP contribution in [0.25, 0.3) is 15.6 Å². The number of anilines is 2. The summed E-state index contributed by atoms with van der Waals surface area (Å²) in [6.07, 6.45) is 4.55. The molecule has 3 heterocycles. The second kappa shape index (κ2) is 13.6. The van der Waals surface area contributed by atoms with Gasteiger partial charge in [0.1, 0.15) is 18.0 Å². The molecule has 10 heteroatoms. The number of ether oxygens (including phenoxy) is 1. The fraction of sp³-hybridized carbons (Fsp3) is 0.500. The molecule has 1 aromatic heterocycles. The molecule has 9 nitrogen and oxygen atoms in total. The highest BCUT2D eigenvalue weighted by Gasteiger charge is 2.36. The van der Waals surface area contributed by atoms with Gasteiger partial charge in [0.05, 0.1) is 12.2 Å². The van der Waals surface area contributed by atoms with Crippen molar-refractivity contribution in [2.45, 2.75) is 58.2 Å². The Morgan fingerprint density at radius 1 is 1.17 bits per heavy atom. The van der Waals surface area contributed by atoms with Gasteiger partial charge in [-0.05, 0) is 63.1 Å². The Bertz CT molecular complexity index is 1650. The van der Waals surface area contributed by atoms with Crippen LogP contribution in [0.2, 0.25) is 0 Å². The second-order valence-electron chi connectivity index (χ2n) is 13.2. The normalized spacial score (nSPS) is 19.0. The number of likely N-dealkylation sites (N-methyl/N-ethyl adjacent to an activating group) is 1. The molecule has 0 bridgehead atoms. The summed E-state index contributed by atoms with van der Waals surface area (Å²) in [6.45, 7) is 19.3. The van der Waals surface area contributed by atoms with Crippen molar-refractivity contribution in [3.63, 3.8) is 0 Å². The number of nitrogens with zero attached hydrogens (tertiary/aromatic N) is 7. The number of benzene rings is 2. The van der Waals surface area contributed by atoms with Crippen molar-refractivity contribution in [1.82, 2.24) is 19.8 Å². The van der Waals surface area contributed by atoms with Gasteiger partial charge < -0.3 is 29.2 Å². The molecule has 242 valence electrons. The monoisotopic (exact) mass is 625 g/mol. The lowest BCUT2D eigenvalue weighted by molar-refractivity contribution is -0.131. The average molecular weight is 626 g/mol. The SMILES string of the molecule is [C-]#[N+]C[C@H]1CN(c2nc(O[C@H](C)CN(C)CC3CCC3)nc3c2CCN(c2cccc4cccc(C)c24)C3)CCN1C(=O)C(=C)F. The minimum absolute atomic E-state index is 0.0741. The predicted octanol–water partition coefficient (Wildman–Crippen LogP) is 5.42. The molecule has 2 aromatic carbocycles. The predicted molar refractivity (Wildman–Crippen MR) is 180 cm³/mol. The van der Waals surface area contributed by atoms with E-state index in [1.165, 1.54) is 46.2 Å². The Labute approximate surface area is 271 Å². The van der Waals surface area contributed by atoms with Crippen LogP contribution in [0.3, 0.4) is 0 Å². The van der Waals surface area contributed by atoms with Crippen LogP contribution >= 0.6 is 0 Å². The summed E-state index contributed by atoms with van der Waals surface area (Å²) < 4.78 is 20.3. The summed E-state index contributed by atoms with van der Waals surface area (Å²) in [7, 11) is 2.14. The van der Waals surface area contributed by atoms with E-state index in [9.17, 15) is 9.18 Å². The molecule has 1 aliphatic carbocycles. The highest BCUT2D eigenvalue weighted by Crippen LogP contribution is 2.36. The van der Waals surface area contributed by atoms with E-state index in [0.717, 1.165) is 49.0 Å². The van der Waals surface area contributed by atoms with E-state index in [-0.39, 0.29) is 19.2 Å². The van der Waals surface area contributed by atoms with E-state index >= 15 is 0 Å². The zero-order chi connectivity index (χ0) is 32.4. The van der Waals surface area contributed by atoms with E-state index in [4.69, 9.17) is 21.3 Å². The van der Waals surface area contributed by atoms with Gasteiger partial charge in [-0.25, -0.2) is 11.0 Å². The third kappa shape index (κ3) is 6.66. The molecular weight excluding hydrogens is 581 g/mol. The van der Waals surface area contributed by atoms with Gasteiger partial charge in [-0.15, -0.1) is 0 Å². The fourth-order valence-corrected chi connectivity index (χ4v) is 7.26. The quantitative estimate of drug-likeness (QED) is 0.220. The molecular formula is C36H44FN7O2. The van der Waals surface area contributed by atoms with Gasteiger partial charge in [-0.3, -0.25) is 4.79 Å². The van der Waals surface area contributed by atoms with Gasteiger partial charge in [0.25, 0.3) is 5.91 Å². The number of hydrogen-bond acceptors (Lipinski definition) is 7. The Hall–Kier alpha value is -4.23. The third-order valence-corrected chi connectivity index (χ3v) is 9.70. The average Bonchev–Trinajstić information content (AvgIpc) is 3.01. The molecule has 0 radical (unpaired) electrons. The van der Waals surface area contributed by atoms with E-state index in [1.54, 1.807) is 0 Å². The number of amides is 1. The number of halogens is 1. The molecule has 3 aliphatic rings. The van der Waals surface area contributed by atoms with Crippen LogP contribution in [0.15, 0.2) is 48.8 Å². The molecule has 46 heavy (non-hydrogen) atoms. The van der Waals surface area contributed by atoms with E-state index in [2.05, 4.69) is 83.4 Å². The van der Waals surface area contributed by atoms with Crippen LogP contribution in [-0.2, 0) is 17.8 Å². The summed E-state index contributed by atoms with van der Waals surface area (Å²) in [4.78, 5) is 34.4. The standard InChI is InChI=1S/C36H44FN7O2/c1-24-9-6-12-28-13-8-14-32(33(24)28)42-16-15-30-31(23-42)39-36(46-25(2)20-41(5)21-27-10-7-11-27)40-34(30)43-17-18-44(35(45)26(3)37)29(22-43)19-38-4/h6,8-9,12-14,25,27,29H,3,7,10-11,15-23H2,1-2,5H3/t25-,29+/m1/s1. The zero-order valence-electron chi connectivity index (χ0n) is 27.2. The van der Waals surface area contributed by atoms with Crippen molar-refractivity contribution in [2.75, 3.05) is 62.7 Å². The summed E-state index contributed by atoms with van der Waals surface area (Å²) in [5.74, 6) is -0.192. The van der Waals surface area contributed by atoms with Crippen LogP contribution in [-0.4, -0.2) is 90.7 Å². The van der Waals surface area contributed by atoms with Crippen LogP contribution in [0, 0.1) is 19.4 Å². The van der Waals surface area contributed by atoms with Crippen LogP contribution in [0.4, 0.5) is 15.9 Å². The van der Waals surface area contributed by atoms with Crippen molar-refractivity contribution in [3.05, 3.63) is 77.0 Å². The topological polar surface area (TPSA) is 69.4 Å². The molecule has 6 rings (SSSR count). The first-order chi connectivity index (χ1) is 22.2. The summed E-state index contributed by atoms with van der Waals surface area (Å²) >= 11 is 0. The van der Waals surface area contributed by atoms with Crippen LogP contribution in [0.5, 0.6) is 6.01 Å². The number of carbonyl (C=O) groups is 1. The van der Waals surface area contributed by atoms with Crippen molar-refractivity contribution in [3.8, 4) is 6.01 Å². The Balaban J connectivity index is 1.31. The number of hydrogen-bond donors (Lipinski definition) is 0. The molecule has 0 spiro atoms. The zero-order valence-corrected chi connectivity index (χ0v) is 27.2. The van der Waals surface area contributed by atoms with Crippen molar-refractivity contribution >= 4 is 28.2 Å². The Morgan fingerprint density at radius 3 is 2.67 bits per heavy atom. The first kappa shape index (κ1) is 31.7. The number of aromatic nitrogens is 2. The molecule has 3 aromatic rings. The van der Waals surface area contributed by atoms with Crippen molar-refractivity contribution in [2.24, 2.45) is 5.92 Å². The van der Waals surface area contributed by atoms with Crippen LogP contribution < -0.4 is 14.5 Å². The molecule has 1 saturated carbocycles. The summed E-state index contributed by atoms with van der Waals surface area (Å²) in [6, 6.07) is 12.7. The first-order valence-electron chi connectivity index (χ1n) is 16.4. The van der Waals surface area contributed by atoms with Crippen molar-refractivity contribution in [1.29, 1.82) is 0 Å². The Kier molecular flexibility index (Phi) is 9.41. The molecule has 2 fully saturated rings. The van der Waals surface area contributed by atoms with Gasteiger partial charge >= 0.3 is 6.01 Å². The maximum absolute atomic E-state index is 13.9. The van der Waals surface area contributed by atoms with Crippen LogP contribution in [0.1, 0.15) is 43.0 Å². The lowest BCUT2D eigenvalue weighted by Gasteiger charge is -2.41. The van der Waals surface area contributed by atoms with Gasteiger partial charge in [0.2, 0.25) is 6.54 Å². The first-order valence-corrected chi connectivity index (χ1v) is 16.4. The summed E-state index contributed by atoms with van der Waals surface area (Å²) in [5.41, 5.74) is 4.40. The maximum Gasteiger partial charge on any atom is 0.318 e. The minimum Gasteiger partial charge on any atom is -0.459 e. The second-order valence-corrected chi connectivity index (χ2v) is 13.2. The van der Waals surface area contributed by atoms with E-state index in [0.29, 0.717) is 25.6 Å². The van der Waals surface area contributed by atoms with Crippen molar-refractivity contribution < 1.29 is 13.9 Å². The number of rotatable bonds is 10. The fourth-order valence-electron chi connectivity index (χ4n) is 7.26. The highest BCUT2D eigenvalue weighted by molar-refractivity contribution is 5.97. The number of piperazine rings is 1. The third-order valence-electron chi connectivity index (χ3n) is 9.70. The molecule has 2 aliphatic heterocycles. The number of aryl methyl sites for hydroxylation is 1. The minimum atomic E-state index is -1.00. The molecule has 2 atom stereocenters. The lowest BCUT2D eigenvalue weighted by atomic mass is 9.85. The summed E-state index contributed by atoms with van der Waals surface area (Å²) in [5, 5.41) is 2.46. The highest BCUT2D eigenvalue weighted by atomic mass is 19.1. The Morgan fingerprint density at radius 2 is 1.96 bits per heavy atom. The van der Waals surface area contributed by atoms with Gasteiger partial charge in [0, 0.05) is 55.9 Å². The molecule has 0 unspecified atom stereocenters.